The van der Waals surface area contributed by atoms with Crippen molar-refractivity contribution >= 4 is 0 Å². The van der Waals surface area contributed by atoms with Crippen LogP contribution in [0, 0.1) is 0 Å². The first-order valence-electron chi connectivity index (χ1n) is 14.7. The standard InChI is InChI=1S/C32H45N3O7/c1-4-34-23(8-5-21-11-12-35-31(33)14-21)19-41-30-16-22(15-29(40-3)32(30)38)27-18-24(36)17-25(42-27)9-6-20-7-10-26(37)28(13-20)39-2/h7,10-11,13-16,23-25,27,34-38H,4-6,8-9,12,17-19,33H2,1-3H3. The first-order valence-corrected chi connectivity index (χ1v) is 14.7. The Hall–Kier alpha value is -3.60. The molecule has 0 radical (unpaired) electrons. The number of nitrogens with two attached hydrogens (primary N) is 1. The largest absolute Gasteiger partial charge is 0.504 e. The highest BCUT2D eigenvalue weighted by Crippen LogP contribution is 2.42. The van der Waals surface area contributed by atoms with Crippen molar-refractivity contribution in [3.05, 3.63) is 65.0 Å². The molecule has 2 aliphatic rings. The van der Waals surface area contributed by atoms with Crippen molar-refractivity contribution in [1.82, 2.24) is 10.6 Å². The second kappa shape index (κ2) is 15.0. The normalized spacial score (nSPS) is 21.1. The fraction of sp³-hybridized carbons (Fsp3) is 0.500. The minimum Gasteiger partial charge on any atom is -0.504 e. The maximum absolute atomic E-state index is 10.9. The number of rotatable bonds is 14. The van der Waals surface area contributed by atoms with E-state index in [2.05, 4.69) is 23.6 Å². The van der Waals surface area contributed by atoms with E-state index in [1.54, 1.807) is 18.2 Å². The minimum absolute atomic E-state index is 0.0603. The second-order valence-electron chi connectivity index (χ2n) is 10.9. The SMILES string of the molecule is CCNC(CCC1=CCNC(N)=C1)COc1cc(C2CC(O)CC(CCc3ccc(O)c(OC)c3)O2)cc(OC)c1O. The predicted molar refractivity (Wildman–Crippen MR) is 161 cm³/mol. The molecule has 42 heavy (non-hydrogen) atoms. The summed E-state index contributed by atoms with van der Waals surface area (Å²) < 4.78 is 23.3. The second-order valence-corrected chi connectivity index (χ2v) is 10.9. The highest BCUT2D eigenvalue weighted by atomic mass is 16.5. The number of phenolic OH excluding ortho intramolecular Hbond substituents is 2. The average molecular weight is 584 g/mol. The van der Waals surface area contributed by atoms with Crippen LogP contribution in [0.1, 0.15) is 56.3 Å². The smallest absolute Gasteiger partial charge is 0.200 e. The average Bonchev–Trinajstić information content (AvgIpc) is 2.98. The lowest BCUT2D eigenvalue weighted by molar-refractivity contribution is -0.0999. The van der Waals surface area contributed by atoms with Crippen LogP contribution in [-0.2, 0) is 11.2 Å². The molecular formula is C32H45N3O7. The number of aromatic hydroxyl groups is 2. The number of aliphatic hydroxyl groups excluding tert-OH is 1. The summed E-state index contributed by atoms with van der Waals surface area (Å²) in [6.45, 7) is 3.92. The number of aryl methyl sites for hydroxylation is 1. The molecule has 2 aromatic rings. The molecule has 1 saturated heterocycles. The Labute approximate surface area is 248 Å². The van der Waals surface area contributed by atoms with Gasteiger partial charge >= 0.3 is 0 Å². The summed E-state index contributed by atoms with van der Waals surface area (Å²) in [5, 5.41) is 38.0. The number of methoxy groups -OCH3 is 2. The van der Waals surface area contributed by atoms with Gasteiger partial charge in [0.05, 0.1) is 38.4 Å². The first kappa shape index (κ1) is 31.3. The van der Waals surface area contributed by atoms with Gasteiger partial charge in [0, 0.05) is 19.0 Å². The Kier molecular flexibility index (Phi) is 11.2. The Morgan fingerprint density at radius 1 is 1.07 bits per heavy atom. The van der Waals surface area contributed by atoms with Crippen molar-refractivity contribution in [2.45, 2.75) is 69.8 Å². The molecule has 10 nitrogen and oxygen atoms in total. The third-order valence-corrected chi connectivity index (χ3v) is 7.76. The molecule has 2 aliphatic heterocycles. The lowest BCUT2D eigenvalue weighted by atomic mass is 9.93. The number of phenols is 2. The van der Waals surface area contributed by atoms with Crippen LogP contribution >= 0.6 is 0 Å². The van der Waals surface area contributed by atoms with Crippen LogP contribution < -0.4 is 30.6 Å². The number of dihydropyridines is 1. The predicted octanol–water partition coefficient (Wildman–Crippen LogP) is 3.80. The molecular weight excluding hydrogens is 538 g/mol. The molecule has 0 aromatic heterocycles. The van der Waals surface area contributed by atoms with E-state index in [4.69, 9.17) is 24.7 Å². The summed E-state index contributed by atoms with van der Waals surface area (Å²) in [5.74, 6) is 1.74. The van der Waals surface area contributed by atoms with Crippen molar-refractivity contribution in [2.24, 2.45) is 5.73 Å². The molecule has 0 amide bonds. The van der Waals surface area contributed by atoms with Crippen molar-refractivity contribution in [2.75, 3.05) is 33.9 Å². The third kappa shape index (κ3) is 8.47. The Balaban J connectivity index is 1.42. The van der Waals surface area contributed by atoms with Crippen molar-refractivity contribution in [3.63, 3.8) is 0 Å². The van der Waals surface area contributed by atoms with Gasteiger partial charge in [0.1, 0.15) is 6.61 Å². The Bertz CT molecular complexity index is 1250. The van der Waals surface area contributed by atoms with E-state index in [-0.39, 0.29) is 23.6 Å². The van der Waals surface area contributed by atoms with Crippen LogP contribution in [0.15, 0.2) is 53.9 Å². The number of aliphatic hydroxyl groups is 1. The zero-order valence-electron chi connectivity index (χ0n) is 24.8. The molecule has 2 heterocycles. The molecule has 7 N–H and O–H groups in total. The molecule has 10 heteroatoms. The first-order chi connectivity index (χ1) is 20.3. The number of nitrogens with one attached hydrogen (secondary N) is 2. The van der Waals surface area contributed by atoms with Gasteiger partial charge in [0.15, 0.2) is 23.0 Å². The summed E-state index contributed by atoms with van der Waals surface area (Å²) in [7, 11) is 3.02. The summed E-state index contributed by atoms with van der Waals surface area (Å²) >= 11 is 0. The topological polar surface area (TPSA) is 148 Å². The molecule has 0 aliphatic carbocycles. The van der Waals surface area contributed by atoms with Gasteiger partial charge in [-0.15, -0.1) is 0 Å². The van der Waals surface area contributed by atoms with E-state index in [1.165, 1.54) is 19.8 Å². The molecule has 4 atom stereocenters. The summed E-state index contributed by atoms with van der Waals surface area (Å²) in [6, 6.07) is 8.88. The van der Waals surface area contributed by atoms with E-state index in [1.807, 2.05) is 18.2 Å². The van der Waals surface area contributed by atoms with Crippen LogP contribution in [0.2, 0.25) is 0 Å². The van der Waals surface area contributed by atoms with E-state index in [0.717, 1.165) is 37.1 Å². The van der Waals surface area contributed by atoms with Gasteiger partial charge in [-0.3, -0.25) is 0 Å². The zero-order valence-corrected chi connectivity index (χ0v) is 24.8. The Morgan fingerprint density at radius 3 is 2.60 bits per heavy atom. The lowest BCUT2D eigenvalue weighted by Gasteiger charge is -2.34. The lowest BCUT2D eigenvalue weighted by Crippen LogP contribution is -2.35. The van der Waals surface area contributed by atoms with Crippen LogP contribution in [0.3, 0.4) is 0 Å². The molecule has 230 valence electrons. The van der Waals surface area contributed by atoms with E-state index in [9.17, 15) is 15.3 Å². The summed E-state index contributed by atoms with van der Waals surface area (Å²) in [4.78, 5) is 0. The summed E-state index contributed by atoms with van der Waals surface area (Å²) in [6.07, 6.45) is 7.05. The molecule has 0 spiro atoms. The number of hydrogen-bond donors (Lipinski definition) is 6. The molecule has 2 aromatic carbocycles. The van der Waals surface area contributed by atoms with E-state index < -0.39 is 12.2 Å². The highest BCUT2D eigenvalue weighted by Gasteiger charge is 2.31. The van der Waals surface area contributed by atoms with Gasteiger partial charge < -0.3 is 50.6 Å². The third-order valence-electron chi connectivity index (χ3n) is 7.76. The highest BCUT2D eigenvalue weighted by molar-refractivity contribution is 5.53. The van der Waals surface area contributed by atoms with Crippen molar-refractivity contribution < 1.29 is 34.3 Å². The zero-order chi connectivity index (χ0) is 30.1. The van der Waals surface area contributed by atoms with Crippen molar-refractivity contribution in [3.8, 4) is 28.7 Å². The van der Waals surface area contributed by atoms with Crippen LogP contribution in [0.5, 0.6) is 28.7 Å². The number of ether oxygens (including phenoxy) is 4. The molecule has 4 unspecified atom stereocenters. The number of allylic oxidation sites excluding steroid dienone is 2. The van der Waals surface area contributed by atoms with Crippen molar-refractivity contribution in [1.29, 1.82) is 0 Å². The van der Waals surface area contributed by atoms with Gasteiger partial charge in [-0.1, -0.05) is 19.1 Å². The van der Waals surface area contributed by atoms with Gasteiger partial charge in [-0.2, -0.15) is 0 Å². The quantitative estimate of drug-likeness (QED) is 0.194. The van der Waals surface area contributed by atoms with Gasteiger partial charge in [-0.25, -0.2) is 0 Å². The van der Waals surface area contributed by atoms with E-state index >= 15 is 0 Å². The van der Waals surface area contributed by atoms with E-state index in [0.29, 0.717) is 55.4 Å². The fourth-order valence-electron chi connectivity index (χ4n) is 5.50. The number of likely N-dealkylation sites (N-methyl/N-ethyl adjacent to an activating group) is 1. The molecule has 1 fully saturated rings. The minimum atomic E-state index is -0.530. The molecule has 0 bridgehead atoms. The van der Waals surface area contributed by atoms with Crippen LogP contribution in [0.25, 0.3) is 0 Å². The monoisotopic (exact) mass is 583 g/mol. The van der Waals surface area contributed by atoms with Gasteiger partial charge in [0.2, 0.25) is 5.75 Å². The maximum atomic E-state index is 10.9. The van der Waals surface area contributed by atoms with Crippen LogP contribution in [-0.4, -0.2) is 67.5 Å². The number of benzene rings is 2. The molecule has 0 saturated carbocycles. The number of hydrogen-bond acceptors (Lipinski definition) is 10. The Morgan fingerprint density at radius 2 is 1.86 bits per heavy atom. The van der Waals surface area contributed by atoms with Gasteiger partial charge in [-0.05, 0) is 85.7 Å². The molecule has 4 rings (SSSR count). The maximum Gasteiger partial charge on any atom is 0.200 e. The van der Waals surface area contributed by atoms with Crippen LogP contribution in [0.4, 0.5) is 0 Å². The fourth-order valence-corrected chi connectivity index (χ4v) is 5.50. The summed E-state index contributed by atoms with van der Waals surface area (Å²) in [5.41, 5.74) is 8.88. The van der Waals surface area contributed by atoms with Gasteiger partial charge in [0.25, 0.3) is 0 Å².